The number of rotatable bonds is 41. The van der Waals surface area contributed by atoms with Gasteiger partial charge in [0.05, 0.1) is 0 Å². The lowest BCUT2D eigenvalue weighted by Gasteiger charge is -2.18. The fourth-order valence-electron chi connectivity index (χ4n) is 6.11. The van der Waals surface area contributed by atoms with E-state index in [2.05, 4.69) is 93.7 Å². The second-order valence-corrected chi connectivity index (χ2v) is 15.3. The summed E-state index contributed by atoms with van der Waals surface area (Å²) in [4.78, 5) is 37.8. The third-order valence-corrected chi connectivity index (χ3v) is 9.66. The standard InChI is InChI=1S/C51H86O6/c1-4-7-10-13-16-19-22-24-25-26-27-30-32-35-38-41-44-50(53)56-47-48(46-55-49(52)43-40-37-34-31-28-21-18-15-12-9-6-3)57-51(54)45-42-39-36-33-29-23-20-17-14-11-8-5-2/h7,10,15-20,24-25,27,30,48H,4-6,8-9,11-14,21-23,26,28-29,31-47H2,1-3H3/b10-7-,18-15-,19-16-,20-17-,25-24-,30-27-. The summed E-state index contributed by atoms with van der Waals surface area (Å²) in [6.45, 7) is 6.40. The highest BCUT2D eigenvalue weighted by molar-refractivity contribution is 5.71. The Labute approximate surface area is 351 Å². The number of carbonyl (C=O) groups is 3. The molecule has 6 heteroatoms. The Hall–Kier alpha value is -3.15. The van der Waals surface area contributed by atoms with E-state index in [0.717, 1.165) is 109 Å². The van der Waals surface area contributed by atoms with Gasteiger partial charge in [0.1, 0.15) is 13.2 Å². The lowest BCUT2D eigenvalue weighted by Crippen LogP contribution is -2.30. The second kappa shape index (κ2) is 45.6. The SMILES string of the molecule is CC/C=C\C/C=C\C/C=C\C/C=C\CCCCCC(=O)OCC(COC(=O)CCCCCCC/C=C\CCCC)OC(=O)CCCCCCC/C=C\CCCCC. The van der Waals surface area contributed by atoms with Crippen LogP contribution in [-0.2, 0) is 28.6 Å². The predicted octanol–water partition coefficient (Wildman–Crippen LogP) is 15.1. The van der Waals surface area contributed by atoms with Gasteiger partial charge in [0.2, 0.25) is 0 Å². The maximum atomic E-state index is 12.7. The molecule has 0 aromatic rings. The van der Waals surface area contributed by atoms with E-state index in [1.165, 1.54) is 64.2 Å². The zero-order valence-electron chi connectivity index (χ0n) is 37.1. The van der Waals surface area contributed by atoms with E-state index in [-0.39, 0.29) is 31.1 Å². The van der Waals surface area contributed by atoms with Gasteiger partial charge >= 0.3 is 17.9 Å². The van der Waals surface area contributed by atoms with Crippen LogP contribution in [0.1, 0.15) is 213 Å². The maximum absolute atomic E-state index is 12.7. The summed E-state index contributed by atoms with van der Waals surface area (Å²) in [6.07, 6.45) is 55.9. The van der Waals surface area contributed by atoms with Crippen LogP contribution in [0.15, 0.2) is 72.9 Å². The van der Waals surface area contributed by atoms with Crippen LogP contribution < -0.4 is 0 Å². The average molecular weight is 795 g/mol. The maximum Gasteiger partial charge on any atom is 0.306 e. The number of ether oxygens (including phenoxy) is 3. The van der Waals surface area contributed by atoms with Gasteiger partial charge in [-0.05, 0) is 103 Å². The van der Waals surface area contributed by atoms with E-state index in [9.17, 15) is 14.4 Å². The molecule has 0 radical (unpaired) electrons. The number of hydrogen-bond acceptors (Lipinski definition) is 6. The van der Waals surface area contributed by atoms with Crippen molar-refractivity contribution in [3.63, 3.8) is 0 Å². The van der Waals surface area contributed by atoms with Crippen molar-refractivity contribution >= 4 is 17.9 Å². The van der Waals surface area contributed by atoms with E-state index in [4.69, 9.17) is 14.2 Å². The summed E-state index contributed by atoms with van der Waals surface area (Å²) >= 11 is 0. The quantitative estimate of drug-likeness (QED) is 0.0265. The molecule has 0 heterocycles. The summed E-state index contributed by atoms with van der Waals surface area (Å²) in [5.74, 6) is -0.950. The van der Waals surface area contributed by atoms with Gasteiger partial charge in [0, 0.05) is 19.3 Å². The first-order valence-corrected chi connectivity index (χ1v) is 23.4. The normalized spacial score (nSPS) is 12.7. The molecule has 0 spiro atoms. The van der Waals surface area contributed by atoms with E-state index in [0.29, 0.717) is 19.3 Å². The molecule has 0 saturated heterocycles. The first-order chi connectivity index (χ1) is 28.0. The molecule has 0 fully saturated rings. The third-order valence-electron chi connectivity index (χ3n) is 9.66. The Morgan fingerprint density at radius 1 is 0.368 bits per heavy atom. The van der Waals surface area contributed by atoms with Crippen LogP contribution in [-0.4, -0.2) is 37.2 Å². The van der Waals surface area contributed by atoms with E-state index >= 15 is 0 Å². The minimum atomic E-state index is -0.793. The topological polar surface area (TPSA) is 78.9 Å². The van der Waals surface area contributed by atoms with Crippen molar-refractivity contribution in [3.8, 4) is 0 Å². The zero-order valence-corrected chi connectivity index (χ0v) is 37.1. The van der Waals surface area contributed by atoms with Crippen LogP contribution in [0.5, 0.6) is 0 Å². The van der Waals surface area contributed by atoms with Gasteiger partial charge in [-0.2, -0.15) is 0 Å². The van der Waals surface area contributed by atoms with Gasteiger partial charge < -0.3 is 14.2 Å². The van der Waals surface area contributed by atoms with Crippen molar-refractivity contribution in [2.45, 2.75) is 219 Å². The third kappa shape index (κ3) is 43.8. The molecule has 0 aliphatic carbocycles. The van der Waals surface area contributed by atoms with Crippen LogP contribution in [0, 0.1) is 0 Å². The van der Waals surface area contributed by atoms with Gasteiger partial charge in [-0.3, -0.25) is 14.4 Å². The lowest BCUT2D eigenvalue weighted by molar-refractivity contribution is -0.167. The Balaban J connectivity index is 4.45. The minimum Gasteiger partial charge on any atom is -0.462 e. The number of carbonyl (C=O) groups excluding carboxylic acids is 3. The molecule has 0 N–H and O–H groups in total. The fraction of sp³-hybridized carbons (Fsp3) is 0.706. The molecule has 57 heavy (non-hydrogen) atoms. The Morgan fingerprint density at radius 3 is 1.16 bits per heavy atom. The van der Waals surface area contributed by atoms with Crippen molar-refractivity contribution < 1.29 is 28.6 Å². The summed E-state index contributed by atoms with van der Waals surface area (Å²) < 4.78 is 16.7. The monoisotopic (exact) mass is 795 g/mol. The molecule has 0 amide bonds. The van der Waals surface area contributed by atoms with Gasteiger partial charge in [0.25, 0.3) is 0 Å². The predicted molar refractivity (Wildman–Crippen MR) is 242 cm³/mol. The van der Waals surface area contributed by atoms with Crippen LogP contribution in [0.2, 0.25) is 0 Å². The molecule has 6 nitrogen and oxygen atoms in total. The first-order valence-electron chi connectivity index (χ1n) is 23.4. The zero-order chi connectivity index (χ0) is 41.5. The molecule has 1 atom stereocenters. The van der Waals surface area contributed by atoms with Crippen LogP contribution in [0.3, 0.4) is 0 Å². The largest absolute Gasteiger partial charge is 0.462 e. The van der Waals surface area contributed by atoms with Crippen LogP contribution >= 0.6 is 0 Å². The van der Waals surface area contributed by atoms with Crippen molar-refractivity contribution in [2.75, 3.05) is 13.2 Å². The lowest BCUT2D eigenvalue weighted by atomic mass is 10.1. The molecule has 0 rings (SSSR count). The molecule has 0 bridgehead atoms. The highest BCUT2D eigenvalue weighted by Gasteiger charge is 2.19. The molecule has 0 aliphatic heterocycles. The molecule has 0 aliphatic rings. The highest BCUT2D eigenvalue weighted by Crippen LogP contribution is 2.13. The number of unbranched alkanes of at least 4 members (excludes halogenated alkanes) is 18. The summed E-state index contributed by atoms with van der Waals surface area (Å²) in [5, 5.41) is 0. The van der Waals surface area contributed by atoms with Crippen LogP contribution in [0.4, 0.5) is 0 Å². The Kier molecular flexibility index (Phi) is 43.0. The van der Waals surface area contributed by atoms with E-state index < -0.39 is 6.10 Å². The molecule has 0 aromatic heterocycles. The van der Waals surface area contributed by atoms with Crippen molar-refractivity contribution in [1.82, 2.24) is 0 Å². The number of esters is 3. The van der Waals surface area contributed by atoms with E-state index in [1.807, 2.05) is 0 Å². The smallest absolute Gasteiger partial charge is 0.306 e. The highest BCUT2D eigenvalue weighted by atomic mass is 16.6. The second-order valence-electron chi connectivity index (χ2n) is 15.3. The van der Waals surface area contributed by atoms with Crippen molar-refractivity contribution in [2.24, 2.45) is 0 Å². The van der Waals surface area contributed by atoms with Gasteiger partial charge in [-0.1, -0.05) is 164 Å². The molecule has 0 saturated carbocycles. The van der Waals surface area contributed by atoms with Crippen molar-refractivity contribution in [1.29, 1.82) is 0 Å². The van der Waals surface area contributed by atoms with Gasteiger partial charge in [0.15, 0.2) is 6.10 Å². The van der Waals surface area contributed by atoms with Crippen LogP contribution in [0.25, 0.3) is 0 Å². The molecule has 1 unspecified atom stereocenters. The fourth-order valence-corrected chi connectivity index (χ4v) is 6.11. The van der Waals surface area contributed by atoms with Gasteiger partial charge in [-0.15, -0.1) is 0 Å². The summed E-state index contributed by atoms with van der Waals surface area (Å²) in [6, 6.07) is 0. The van der Waals surface area contributed by atoms with E-state index in [1.54, 1.807) is 0 Å². The molecule has 0 aromatic carbocycles. The molecular weight excluding hydrogens is 709 g/mol. The molecule has 326 valence electrons. The van der Waals surface area contributed by atoms with Crippen molar-refractivity contribution in [3.05, 3.63) is 72.9 Å². The number of hydrogen-bond donors (Lipinski definition) is 0. The molecular formula is C51H86O6. The Morgan fingerprint density at radius 2 is 0.702 bits per heavy atom. The minimum absolute atomic E-state index is 0.0942. The Bertz CT molecular complexity index is 1100. The summed E-state index contributed by atoms with van der Waals surface area (Å²) in [5.41, 5.74) is 0. The summed E-state index contributed by atoms with van der Waals surface area (Å²) in [7, 11) is 0. The van der Waals surface area contributed by atoms with Gasteiger partial charge in [-0.25, -0.2) is 0 Å². The first kappa shape index (κ1) is 53.9. The average Bonchev–Trinajstić information content (AvgIpc) is 3.21. The number of allylic oxidation sites excluding steroid dienone is 12.